The molecule has 1 aliphatic carbocycles. The molecule has 0 spiro atoms. The van der Waals surface area contributed by atoms with Crippen molar-refractivity contribution in [3.05, 3.63) is 30.1 Å². The largest absolute Gasteiger partial charge is 0.389 e. The van der Waals surface area contributed by atoms with Gasteiger partial charge in [0.1, 0.15) is 5.82 Å². The summed E-state index contributed by atoms with van der Waals surface area (Å²) in [6.45, 7) is 6.53. The molecule has 2 aliphatic rings. The highest BCUT2D eigenvalue weighted by Gasteiger charge is 2.26. The second-order valence-corrected chi connectivity index (χ2v) is 7.17. The molecule has 3 atom stereocenters. The molecule has 1 N–H and O–H groups in total. The molecule has 0 unspecified atom stereocenters. The van der Waals surface area contributed by atoms with Crippen molar-refractivity contribution in [3.8, 4) is 0 Å². The molecule has 1 aromatic rings. The number of aliphatic hydroxyl groups excluding tert-OH is 1. The van der Waals surface area contributed by atoms with Gasteiger partial charge in [-0.25, -0.2) is 4.39 Å². The summed E-state index contributed by atoms with van der Waals surface area (Å²) in [4.78, 5) is 4.32. The van der Waals surface area contributed by atoms with Gasteiger partial charge < -0.3 is 14.7 Å². The van der Waals surface area contributed by atoms with Crippen molar-refractivity contribution in [1.29, 1.82) is 0 Å². The normalized spacial score (nSPS) is 26.7. The van der Waals surface area contributed by atoms with Gasteiger partial charge in [-0.1, -0.05) is 25.5 Å². The van der Waals surface area contributed by atoms with E-state index < -0.39 is 6.10 Å². The number of piperazine rings is 1. The van der Waals surface area contributed by atoms with Gasteiger partial charge in [0.15, 0.2) is 0 Å². The van der Waals surface area contributed by atoms with E-state index in [2.05, 4.69) is 16.7 Å². The molecular formula is C19H29FN2O2. The third kappa shape index (κ3) is 4.47. The Labute approximate surface area is 144 Å². The number of ether oxygens (including phenoxy) is 1. The van der Waals surface area contributed by atoms with Crippen molar-refractivity contribution < 1.29 is 14.2 Å². The zero-order valence-electron chi connectivity index (χ0n) is 14.5. The van der Waals surface area contributed by atoms with E-state index in [1.54, 1.807) is 6.07 Å². The van der Waals surface area contributed by atoms with E-state index >= 15 is 0 Å². The van der Waals surface area contributed by atoms with E-state index in [0.717, 1.165) is 32.6 Å². The van der Waals surface area contributed by atoms with Crippen molar-refractivity contribution in [3.63, 3.8) is 0 Å². The molecule has 1 saturated carbocycles. The molecule has 1 saturated heterocycles. The van der Waals surface area contributed by atoms with Crippen LogP contribution in [-0.2, 0) is 4.74 Å². The second-order valence-electron chi connectivity index (χ2n) is 7.17. The van der Waals surface area contributed by atoms with Crippen LogP contribution in [-0.4, -0.2) is 61.5 Å². The van der Waals surface area contributed by atoms with Gasteiger partial charge in [0.05, 0.1) is 24.5 Å². The number of rotatable bonds is 6. The zero-order valence-corrected chi connectivity index (χ0v) is 14.5. The van der Waals surface area contributed by atoms with Crippen molar-refractivity contribution in [2.45, 2.75) is 38.4 Å². The lowest BCUT2D eigenvalue weighted by molar-refractivity contribution is -0.0321. The molecule has 24 heavy (non-hydrogen) atoms. The predicted molar refractivity (Wildman–Crippen MR) is 93.8 cm³/mol. The molecular weight excluding hydrogens is 307 g/mol. The molecule has 1 heterocycles. The number of para-hydroxylation sites is 1. The van der Waals surface area contributed by atoms with Gasteiger partial charge in [-0.2, -0.15) is 0 Å². The number of benzene rings is 1. The smallest absolute Gasteiger partial charge is 0.146 e. The maximum atomic E-state index is 13.8. The van der Waals surface area contributed by atoms with Gasteiger partial charge in [0.2, 0.25) is 0 Å². The minimum Gasteiger partial charge on any atom is -0.389 e. The minimum atomic E-state index is -0.446. The Kier molecular flexibility index (Phi) is 6.09. The molecule has 4 nitrogen and oxygen atoms in total. The van der Waals surface area contributed by atoms with Crippen molar-refractivity contribution in [2.24, 2.45) is 5.92 Å². The predicted octanol–water partition coefficient (Wildman–Crippen LogP) is 2.51. The summed E-state index contributed by atoms with van der Waals surface area (Å²) in [6.07, 6.45) is 3.46. The van der Waals surface area contributed by atoms with Gasteiger partial charge >= 0.3 is 0 Å². The fourth-order valence-electron chi connectivity index (χ4n) is 3.82. The summed E-state index contributed by atoms with van der Waals surface area (Å²) in [5.74, 6) is 0.451. The molecule has 0 bridgehead atoms. The number of nitrogens with zero attached hydrogens (tertiary/aromatic N) is 2. The third-order valence-corrected chi connectivity index (χ3v) is 5.32. The molecule has 2 fully saturated rings. The first kappa shape index (κ1) is 17.6. The van der Waals surface area contributed by atoms with Gasteiger partial charge in [-0.3, -0.25) is 4.90 Å². The second kappa shape index (κ2) is 8.28. The molecule has 5 heteroatoms. The number of hydrogen-bond acceptors (Lipinski definition) is 4. The zero-order chi connectivity index (χ0) is 16.9. The van der Waals surface area contributed by atoms with Crippen LogP contribution in [0.5, 0.6) is 0 Å². The highest BCUT2D eigenvalue weighted by Crippen LogP contribution is 2.27. The Balaban J connectivity index is 1.39. The lowest BCUT2D eigenvalue weighted by Gasteiger charge is -2.37. The quantitative estimate of drug-likeness (QED) is 0.866. The Bertz CT molecular complexity index is 520. The highest BCUT2D eigenvalue weighted by molar-refractivity contribution is 5.47. The first-order valence-electron chi connectivity index (χ1n) is 9.15. The molecule has 0 radical (unpaired) electrons. The maximum absolute atomic E-state index is 13.8. The lowest BCUT2D eigenvalue weighted by Crippen LogP contribution is -2.49. The van der Waals surface area contributed by atoms with Crippen molar-refractivity contribution in [1.82, 2.24) is 4.90 Å². The standard InChI is InChI=1S/C19H29FN2O2/c1-15-5-4-8-19(15)24-14-16(23)13-21-9-11-22(12-10-21)18-7-3-2-6-17(18)20/h2-3,6-7,15-16,19,23H,4-5,8-14H2,1H3/t15-,16-,19+/m1/s1. The minimum absolute atomic E-state index is 0.162. The van der Waals surface area contributed by atoms with Crippen LogP contribution in [0.3, 0.4) is 0 Å². The summed E-state index contributed by atoms with van der Waals surface area (Å²) >= 11 is 0. The number of anilines is 1. The van der Waals surface area contributed by atoms with Crippen LogP contribution in [0.4, 0.5) is 10.1 Å². The summed E-state index contributed by atoms with van der Waals surface area (Å²) in [6, 6.07) is 6.93. The summed E-state index contributed by atoms with van der Waals surface area (Å²) in [7, 11) is 0. The van der Waals surface area contributed by atoms with E-state index in [1.165, 1.54) is 18.9 Å². The number of halogens is 1. The molecule has 3 rings (SSSR count). The van der Waals surface area contributed by atoms with Crippen LogP contribution < -0.4 is 4.90 Å². The van der Waals surface area contributed by atoms with Crippen LogP contribution >= 0.6 is 0 Å². The average molecular weight is 336 g/mol. The number of hydrogen-bond donors (Lipinski definition) is 1. The van der Waals surface area contributed by atoms with E-state index in [9.17, 15) is 9.50 Å². The molecule has 134 valence electrons. The van der Waals surface area contributed by atoms with Gasteiger partial charge in [0, 0.05) is 32.7 Å². The van der Waals surface area contributed by atoms with Crippen LogP contribution in [0.1, 0.15) is 26.2 Å². The number of aliphatic hydroxyl groups is 1. The summed E-state index contributed by atoms with van der Waals surface area (Å²) < 4.78 is 19.7. The Morgan fingerprint density at radius 1 is 1.21 bits per heavy atom. The maximum Gasteiger partial charge on any atom is 0.146 e. The van der Waals surface area contributed by atoms with Crippen LogP contribution in [0, 0.1) is 11.7 Å². The molecule has 1 aliphatic heterocycles. The van der Waals surface area contributed by atoms with Crippen LogP contribution in [0.15, 0.2) is 24.3 Å². The fourth-order valence-corrected chi connectivity index (χ4v) is 3.82. The van der Waals surface area contributed by atoms with Crippen LogP contribution in [0.2, 0.25) is 0 Å². The fraction of sp³-hybridized carbons (Fsp3) is 0.684. The van der Waals surface area contributed by atoms with Gasteiger partial charge in [0.25, 0.3) is 0 Å². The topological polar surface area (TPSA) is 35.9 Å². The average Bonchev–Trinajstić information content (AvgIpc) is 2.99. The Morgan fingerprint density at radius 2 is 1.96 bits per heavy atom. The van der Waals surface area contributed by atoms with Crippen molar-refractivity contribution in [2.75, 3.05) is 44.2 Å². The Morgan fingerprint density at radius 3 is 2.62 bits per heavy atom. The van der Waals surface area contributed by atoms with E-state index in [1.807, 2.05) is 12.1 Å². The van der Waals surface area contributed by atoms with Gasteiger partial charge in [-0.15, -0.1) is 0 Å². The summed E-state index contributed by atoms with van der Waals surface area (Å²) in [5.41, 5.74) is 0.677. The van der Waals surface area contributed by atoms with E-state index in [4.69, 9.17) is 4.74 Å². The first-order chi connectivity index (χ1) is 11.6. The third-order valence-electron chi connectivity index (χ3n) is 5.32. The SMILES string of the molecule is C[C@@H]1CCC[C@@H]1OC[C@H](O)CN1CCN(c2ccccc2F)CC1. The molecule has 0 aromatic heterocycles. The van der Waals surface area contributed by atoms with Gasteiger partial charge in [-0.05, 0) is 30.9 Å². The first-order valence-corrected chi connectivity index (χ1v) is 9.15. The lowest BCUT2D eigenvalue weighted by atomic mass is 10.1. The molecule has 0 amide bonds. The Hall–Kier alpha value is -1.17. The van der Waals surface area contributed by atoms with Crippen LogP contribution in [0.25, 0.3) is 0 Å². The molecule has 1 aromatic carbocycles. The monoisotopic (exact) mass is 336 g/mol. The van der Waals surface area contributed by atoms with Crippen molar-refractivity contribution >= 4 is 5.69 Å². The van der Waals surface area contributed by atoms with E-state index in [0.29, 0.717) is 30.9 Å². The van der Waals surface area contributed by atoms with E-state index in [-0.39, 0.29) is 5.82 Å². The highest BCUT2D eigenvalue weighted by atomic mass is 19.1. The number of β-amino-alcohol motifs (C(OH)–C–C–N with tert-alkyl or cyclic N) is 1. The summed E-state index contributed by atoms with van der Waals surface area (Å²) in [5, 5.41) is 10.2.